The minimum absolute atomic E-state index is 0.0951. The van der Waals surface area contributed by atoms with Gasteiger partial charge in [-0.15, -0.1) is 0 Å². The highest BCUT2D eigenvalue weighted by molar-refractivity contribution is 5.81. The van der Waals surface area contributed by atoms with Crippen LogP contribution in [0, 0.1) is 0 Å². The van der Waals surface area contributed by atoms with Crippen molar-refractivity contribution in [3.05, 3.63) is 29.8 Å². The topological polar surface area (TPSA) is 112 Å². The van der Waals surface area contributed by atoms with Crippen molar-refractivity contribution in [1.82, 2.24) is 10.6 Å². The number of methoxy groups -OCH3 is 1. The first kappa shape index (κ1) is 20.2. The summed E-state index contributed by atoms with van der Waals surface area (Å²) in [4.78, 5) is 23.8. The van der Waals surface area contributed by atoms with Crippen LogP contribution in [0.3, 0.4) is 0 Å². The fraction of sp³-hybridized carbons (Fsp3) is 0.556. The molecule has 2 atom stereocenters. The molecule has 1 aromatic carbocycles. The Balaban J connectivity index is 1.78. The Morgan fingerprint density at radius 3 is 2.88 bits per heavy atom. The standard InChI is InChI=1S/C18H27N3O5/c1-24-11-15(19)18(23)21-9-13-5-2-3-7-16(13)26-12-17(22)20-10-14-6-4-8-25-14/h2-3,5,7,14-15H,4,6,8-12,19H2,1H3,(H,20,22)(H,21,23). The number of carbonyl (C=O) groups is 2. The molecule has 0 saturated carbocycles. The molecule has 26 heavy (non-hydrogen) atoms. The molecule has 1 aliphatic heterocycles. The van der Waals surface area contributed by atoms with Crippen LogP contribution in [0.5, 0.6) is 5.75 Å². The van der Waals surface area contributed by atoms with Crippen molar-refractivity contribution in [3.8, 4) is 5.75 Å². The summed E-state index contributed by atoms with van der Waals surface area (Å²) in [5.74, 6) is 0.0257. The Morgan fingerprint density at radius 2 is 2.15 bits per heavy atom. The second kappa shape index (κ2) is 10.7. The molecular weight excluding hydrogens is 338 g/mol. The van der Waals surface area contributed by atoms with Crippen molar-refractivity contribution in [3.63, 3.8) is 0 Å². The second-order valence-electron chi connectivity index (χ2n) is 6.12. The van der Waals surface area contributed by atoms with Gasteiger partial charge in [0.1, 0.15) is 11.8 Å². The van der Waals surface area contributed by atoms with Gasteiger partial charge in [0.05, 0.1) is 12.7 Å². The maximum Gasteiger partial charge on any atom is 0.258 e. The summed E-state index contributed by atoms with van der Waals surface area (Å²) in [6, 6.07) is 6.49. The molecule has 1 saturated heterocycles. The van der Waals surface area contributed by atoms with Crippen LogP contribution in [-0.2, 0) is 25.6 Å². The Labute approximate surface area is 153 Å². The van der Waals surface area contributed by atoms with E-state index >= 15 is 0 Å². The first-order valence-corrected chi connectivity index (χ1v) is 8.71. The van der Waals surface area contributed by atoms with Crippen LogP contribution in [0.1, 0.15) is 18.4 Å². The zero-order valence-electron chi connectivity index (χ0n) is 15.0. The molecule has 0 aromatic heterocycles. The first-order chi connectivity index (χ1) is 12.6. The Hall–Kier alpha value is -2.16. The summed E-state index contributed by atoms with van der Waals surface area (Å²) in [6.07, 6.45) is 2.09. The first-order valence-electron chi connectivity index (χ1n) is 8.71. The van der Waals surface area contributed by atoms with E-state index in [0.717, 1.165) is 25.0 Å². The molecule has 1 fully saturated rings. The lowest BCUT2D eigenvalue weighted by Gasteiger charge is -2.15. The summed E-state index contributed by atoms with van der Waals surface area (Å²) >= 11 is 0. The highest BCUT2D eigenvalue weighted by Gasteiger charge is 2.17. The molecule has 0 aliphatic carbocycles. The summed E-state index contributed by atoms with van der Waals surface area (Å²) in [5.41, 5.74) is 6.44. The quantitative estimate of drug-likeness (QED) is 0.536. The number of nitrogens with two attached hydrogens (primary N) is 1. The van der Waals surface area contributed by atoms with Crippen LogP contribution in [0.2, 0.25) is 0 Å². The smallest absolute Gasteiger partial charge is 0.258 e. The molecule has 1 aliphatic rings. The van der Waals surface area contributed by atoms with Gasteiger partial charge < -0.3 is 30.6 Å². The summed E-state index contributed by atoms with van der Waals surface area (Å²) in [6.45, 7) is 1.56. The van der Waals surface area contributed by atoms with Gasteiger partial charge in [-0.1, -0.05) is 18.2 Å². The summed E-state index contributed by atoms with van der Waals surface area (Å²) in [5, 5.41) is 5.54. The van der Waals surface area contributed by atoms with Gasteiger partial charge in [-0.25, -0.2) is 0 Å². The molecule has 2 rings (SSSR count). The predicted octanol–water partition coefficient (Wildman–Crippen LogP) is -0.0495. The molecular formula is C18H27N3O5. The molecule has 0 spiro atoms. The van der Waals surface area contributed by atoms with Crippen molar-refractivity contribution < 1.29 is 23.8 Å². The van der Waals surface area contributed by atoms with Crippen molar-refractivity contribution in [2.24, 2.45) is 5.73 Å². The minimum atomic E-state index is -0.725. The maximum absolute atomic E-state index is 11.9. The van der Waals surface area contributed by atoms with E-state index in [0.29, 0.717) is 12.3 Å². The lowest BCUT2D eigenvalue weighted by Crippen LogP contribution is -2.43. The fourth-order valence-electron chi connectivity index (χ4n) is 2.59. The molecule has 8 nitrogen and oxygen atoms in total. The van der Waals surface area contributed by atoms with E-state index in [1.165, 1.54) is 7.11 Å². The zero-order chi connectivity index (χ0) is 18.8. The number of nitrogens with one attached hydrogen (secondary N) is 2. The molecule has 8 heteroatoms. The number of benzene rings is 1. The van der Waals surface area contributed by atoms with Gasteiger partial charge in [-0.3, -0.25) is 9.59 Å². The molecule has 1 heterocycles. The van der Waals surface area contributed by atoms with Gasteiger partial charge in [-0.05, 0) is 18.9 Å². The normalized spacial score (nSPS) is 17.5. The van der Waals surface area contributed by atoms with E-state index in [1.807, 2.05) is 18.2 Å². The van der Waals surface area contributed by atoms with Crippen molar-refractivity contribution >= 4 is 11.8 Å². The number of amides is 2. The SMILES string of the molecule is COCC(N)C(=O)NCc1ccccc1OCC(=O)NCC1CCCO1. The van der Waals surface area contributed by atoms with Crippen molar-refractivity contribution in [2.75, 3.05) is 33.5 Å². The van der Waals surface area contributed by atoms with Gasteiger partial charge in [0, 0.05) is 32.4 Å². The van der Waals surface area contributed by atoms with Crippen LogP contribution < -0.4 is 21.1 Å². The van der Waals surface area contributed by atoms with Gasteiger partial charge in [0.2, 0.25) is 5.91 Å². The Kier molecular flexibility index (Phi) is 8.33. The Bertz CT molecular complexity index is 590. The number of para-hydroxylation sites is 1. The third-order valence-corrected chi connectivity index (χ3v) is 4.02. The van der Waals surface area contributed by atoms with Crippen LogP contribution >= 0.6 is 0 Å². The number of carbonyl (C=O) groups excluding carboxylic acids is 2. The van der Waals surface area contributed by atoms with E-state index in [9.17, 15) is 9.59 Å². The highest BCUT2D eigenvalue weighted by atomic mass is 16.5. The molecule has 0 radical (unpaired) electrons. The zero-order valence-corrected chi connectivity index (χ0v) is 15.0. The van der Waals surface area contributed by atoms with Gasteiger partial charge in [0.15, 0.2) is 6.61 Å². The maximum atomic E-state index is 11.9. The van der Waals surface area contributed by atoms with E-state index in [2.05, 4.69) is 10.6 Å². The van der Waals surface area contributed by atoms with E-state index < -0.39 is 6.04 Å². The van der Waals surface area contributed by atoms with Crippen molar-refractivity contribution in [2.45, 2.75) is 31.5 Å². The molecule has 4 N–H and O–H groups in total. The Morgan fingerprint density at radius 1 is 1.35 bits per heavy atom. The minimum Gasteiger partial charge on any atom is -0.483 e. The number of hydrogen-bond acceptors (Lipinski definition) is 6. The number of ether oxygens (including phenoxy) is 3. The van der Waals surface area contributed by atoms with Gasteiger partial charge in [0.25, 0.3) is 5.91 Å². The van der Waals surface area contributed by atoms with Crippen LogP contribution in [0.25, 0.3) is 0 Å². The molecule has 2 unspecified atom stereocenters. The van der Waals surface area contributed by atoms with Crippen LogP contribution in [0.15, 0.2) is 24.3 Å². The summed E-state index contributed by atoms with van der Waals surface area (Å²) in [7, 11) is 1.49. The monoisotopic (exact) mass is 365 g/mol. The highest BCUT2D eigenvalue weighted by Crippen LogP contribution is 2.17. The van der Waals surface area contributed by atoms with Gasteiger partial charge in [-0.2, -0.15) is 0 Å². The van der Waals surface area contributed by atoms with E-state index in [1.54, 1.807) is 6.07 Å². The van der Waals surface area contributed by atoms with E-state index in [4.69, 9.17) is 19.9 Å². The van der Waals surface area contributed by atoms with Crippen LogP contribution in [-0.4, -0.2) is 57.4 Å². The lowest BCUT2D eigenvalue weighted by molar-refractivity contribution is -0.124. The molecule has 0 bridgehead atoms. The largest absolute Gasteiger partial charge is 0.483 e. The average Bonchev–Trinajstić information content (AvgIpc) is 3.17. The number of hydrogen-bond donors (Lipinski definition) is 3. The predicted molar refractivity (Wildman–Crippen MR) is 95.6 cm³/mol. The molecule has 1 aromatic rings. The lowest BCUT2D eigenvalue weighted by atomic mass is 10.2. The second-order valence-corrected chi connectivity index (χ2v) is 6.12. The third kappa shape index (κ3) is 6.62. The average molecular weight is 365 g/mol. The fourth-order valence-corrected chi connectivity index (χ4v) is 2.59. The van der Waals surface area contributed by atoms with E-state index in [-0.39, 0.29) is 37.7 Å². The summed E-state index contributed by atoms with van der Waals surface area (Å²) < 4.78 is 15.9. The van der Waals surface area contributed by atoms with Gasteiger partial charge >= 0.3 is 0 Å². The number of rotatable bonds is 10. The molecule has 144 valence electrons. The molecule has 2 amide bonds. The van der Waals surface area contributed by atoms with Crippen molar-refractivity contribution in [1.29, 1.82) is 0 Å². The third-order valence-electron chi connectivity index (χ3n) is 4.02. The van der Waals surface area contributed by atoms with Crippen LogP contribution in [0.4, 0.5) is 0 Å².